The van der Waals surface area contributed by atoms with E-state index in [0.29, 0.717) is 0 Å². The summed E-state index contributed by atoms with van der Waals surface area (Å²) in [5, 5.41) is 5.27. The minimum atomic E-state index is 0. The van der Waals surface area contributed by atoms with Crippen molar-refractivity contribution in [2.24, 2.45) is 0 Å². The SMILES string of the molecule is [Li+].[Li+].c1ccc2[cH-]c(-c3cc4ccccc4[cH-]3)cc2c1. The maximum Gasteiger partial charge on any atom is 1.00 e. The smallest absolute Gasteiger partial charge is 0.189 e. The van der Waals surface area contributed by atoms with Gasteiger partial charge in [0.05, 0.1) is 0 Å². The van der Waals surface area contributed by atoms with Gasteiger partial charge in [0, 0.05) is 0 Å². The normalized spacial score (nSPS) is 10.2. The number of hydrogen-bond donors (Lipinski definition) is 0. The van der Waals surface area contributed by atoms with E-state index in [1.54, 1.807) is 0 Å². The van der Waals surface area contributed by atoms with Gasteiger partial charge in [-0.15, -0.1) is 33.7 Å². The van der Waals surface area contributed by atoms with Gasteiger partial charge in [-0.25, -0.2) is 0 Å². The molecule has 2 heteroatoms. The Hall–Kier alpha value is -1.15. The van der Waals surface area contributed by atoms with E-state index >= 15 is 0 Å². The summed E-state index contributed by atoms with van der Waals surface area (Å²) in [5.74, 6) is 0. The summed E-state index contributed by atoms with van der Waals surface area (Å²) in [6.07, 6.45) is 0. The van der Waals surface area contributed by atoms with Crippen LogP contribution in [-0.4, -0.2) is 0 Å². The van der Waals surface area contributed by atoms with Gasteiger partial charge in [0.25, 0.3) is 0 Å². The molecule has 4 aromatic rings. The Bertz CT molecular complexity index is 699. The second-order valence-corrected chi connectivity index (χ2v) is 4.75. The monoisotopic (exact) mass is 242 g/mol. The van der Waals surface area contributed by atoms with Crippen LogP contribution in [0.1, 0.15) is 0 Å². The molecule has 0 spiro atoms. The van der Waals surface area contributed by atoms with Gasteiger partial charge in [-0.05, 0) is 0 Å². The van der Waals surface area contributed by atoms with E-state index < -0.39 is 0 Å². The first-order valence-corrected chi connectivity index (χ1v) is 6.21. The van der Waals surface area contributed by atoms with E-state index in [-0.39, 0.29) is 37.7 Å². The van der Waals surface area contributed by atoms with Crippen molar-refractivity contribution >= 4 is 21.5 Å². The molecule has 0 amide bonds. The number of rotatable bonds is 1. The fraction of sp³-hybridized carbons (Fsp3) is 0. The Morgan fingerprint density at radius 3 is 1.35 bits per heavy atom. The number of fused-ring (bicyclic) bond motifs is 2. The van der Waals surface area contributed by atoms with Crippen LogP contribution in [-0.2, 0) is 0 Å². The first-order chi connectivity index (χ1) is 8.90. The van der Waals surface area contributed by atoms with Gasteiger partial charge in [0.2, 0.25) is 0 Å². The van der Waals surface area contributed by atoms with Crippen molar-refractivity contribution in [2.45, 2.75) is 0 Å². The van der Waals surface area contributed by atoms with E-state index in [2.05, 4.69) is 72.8 Å². The summed E-state index contributed by atoms with van der Waals surface area (Å²) in [7, 11) is 0. The van der Waals surface area contributed by atoms with E-state index in [1.807, 2.05) is 0 Å². The van der Waals surface area contributed by atoms with Crippen LogP contribution < -0.4 is 37.7 Å². The van der Waals surface area contributed by atoms with Crippen LogP contribution in [0.3, 0.4) is 0 Å². The van der Waals surface area contributed by atoms with Crippen molar-refractivity contribution < 1.29 is 37.7 Å². The molecule has 0 radical (unpaired) electrons. The predicted molar refractivity (Wildman–Crippen MR) is 78.1 cm³/mol. The molecular formula is C18H12Li2. The molecule has 0 aromatic heterocycles. The third-order valence-corrected chi connectivity index (χ3v) is 3.57. The Labute approximate surface area is 142 Å². The molecule has 4 rings (SSSR count). The van der Waals surface area contributed by atoms with E-state index in [9.17, 15) is 0 Å². The van der Waals surface area contributed by atoms with Crippen molar-refractivity contribution in [2.75, 3.05) is 0 Å². The summed E-state index contributed by atoms with van der Waals surface area (Å²) >= 11 is 0. The maximum atomic E-state index is 2.27. The molecule has 86 valence electrons. The molecular weight excluding hydrogens is 230 g/mol. The summed E-state index contributed by atoms with van der Waals surface area (Å²) < 4.78 is 0. The molecule has 0 nitrogen and oxygen atoms in total. The van der Waals surface area contributed by atoms with E-state index in [4.69, 9.17) is 0 Å². The van der Waals surface area contributed by atoms with Gasteiger partial charge in [-0.2, -0.15) is 35.4 Å². The van der Waals surface area contributed by atoms with Gasteiger partial charge in [0.15, 0.2) is 0 Å². The van der Waals surface area contributed by atoms with Crippen molar-refractivity contribution in [3.8, 4) is 11.1 Å². The molecule has 0 aliphatic rings. The fourth-order valence-electron chi connectivity index (χ4n) is 2.63. The molecule has 0 fully saturated rings. The first kappa shape index (κ1) is 15.2. The Morgan fingerprint density at radius 2 is 0.950 bits per heavy atom. The Morgan fingerprint density at radius 1 is 0.550 bits per heavy atom. The largest absolute Gasteiger partial charge is 1.00 e. The molecule has 0 heterocycles. The predicted octanol–water partition coefficient (Wildman–Crippen LogP) is -0.894. The summed E-state index contributed by atoms with van der Waals surface area (Å²) in [6, 6.07) is 26.1. The van der Waals surface area contributed by atoms with Crippen LogP contribution in [0.25, 0.3) is 32.7 Å². The van der Waals surface area contributed by atoms with Crippen LogP contribution in [0, 0.1) is 0 Å². The zero-order chi connectivity index (χ0) is 11.9. The second kappa shape index (κ2) is 6.09. The zero-order valence-corrected chi connectivity index (χ0v) is 11.9. The number of benzene rings is 2. The summed E-state index contributed by atoms with van der Waals surface area (Å²) in [5.41, 5.74) is 2.62. The standard InChI is InChI=1S/C18H12.2Li/c1-2-6-14-10-17(9-13(14)5-1)18-11-15-7-3-4-8-16(15)12-18;;/h1-12H;;/q-2;2*+1. The molecule has 0 N–H and O–H groups in total. The van der Waals surface area contributed by atoms with E-state index in [1.165, 1.54) is 32.7 Å². The average Bonchev–Trinajstić information content (AvgIpc) is 3.02. The van der Waals surface area contributed by atoms with Crippen LogP contribution >= 0.6 is 0 Å². The fourth-order valence-corrected chi connectivity index (χ4v) is 2.63. The summed E-state index contributed by atoms with van der Waals surface area (Å²) in [4.78, 5) is 0. The topological polar surface area (TPSA) is 0 Å². The van der Waals surface area contributed by atoms with Crippen LogP contribution in [0.5, 0.6) is 0 Å². The van der Waals surface area contributed by atoms with E-state index in [0.717, 1.165) is 0 Å². The minimum Gasteiger partial charge on any atom is -0.189 e. The maximum absolute atomic E-state index is 2.27. The number of hydrogen-bond acceptors (Lipinski definition) is 0. The Kier molecular flexibility index (Phi) is 4.64. The van der Waals surface area contributed by atoms with Gasteiger partial charge in [-0.3, -0.25) is 0 Å². The average molecular weight is 242 g/mol. The molecule has 4 aromatic carbocycles. The minimum absolute atomic E-state index is 0. The molecule has 0 aliphatic carbocycles. The Balaban J connectivity index is 0.000000735. The zero-order valence-electron chi connectivity index (χ0n) is 11.9. The molecule has 0 atom stereocenters. The molecule has 0 saturated carbocycles. The first-order valence-electron chi connectivity index (χ1n) is 6.21. The quantitative estimate of drug-likeness (QED) is 0.300. The van der Waals surface area contributed by atoms with Gasteiger partial charge >= 0.3 is 37.7 Å². The molecule has 0 aliphatic heterocycles. The molecule has 20 heavy (non-hydrogen) atoms. The third-order valence-electron chi connectivity index (χ3n) is 3.57. The van der Waals surface area contributed by atoms with Crippen LogP contribution in [0.15, 0.2) is 72.8 Å². The third kappa shape index (κ3) is 2.54. The second-order valence-electron chi connectivity index (χ2n) is 4.75. The van der Waals surface area contributed by atoms with Gasteiger partial charge < -0.3 is 0 Å². The molecule has 0 bridgehead atoms. The van der Waals surface area contributed by atoms with Crippen molar-refractivity contribution in [1.29, 1.82) is 0 Å². The van der Waals surface area contributed by atoms with Crippen LogP contribution in [0.4, 0.5) is 0 Å². The van der Waals surface area contributed by atoms with Crippen molar-refractivity contribution in [3.05, 3.63) is 72.8 Å². The van der Waals surface area contributed by atoms with Crippen molar-refractivity contribution in [1.82, 2.24) is 0 Å². The van der Waals surface area contributed by atoms with Gasteiger partial charge in [0.1, 0.15) is 0 Å². The van der Waals surface area contributed by atoms with Gasteiger partial charge in [-0.1, -0.05) is 36.4 Å². The molecule has 0 saturated heterocycles. The van der Waals surface area contributed by atoms with Crippen LogP contribution in [0.2, 0.25) is 0 Å². The molecule has 0 unspecified atom stereocenters. The van der Waals surface area contributed by atoms with Crippen molar-refractivity contribution in [3.63, 3.8) is 0 Å². The summed E-state index contributed by atoms with van der Waals surface area (Å²) in [6.45, 7) is 0.